The van der Waals surface area contributed by atoms with Gasteiger partial charge in [0.1, 0.15) is 5.60 Å². The molecule has 7 heteroatoms. The number of likely N-dealkylation sites (tertiary alicyclic amines) is 2. The average molecular weight is 396 g/mol. The number of guanidine groups is 1. The first-order valence-corrected chi connectivity index (χ1v) is 11.0. The maximum atomic E-state index is 12.0. The highest BCUT2D eigenvalue weighted by molar-refractivity contribution is 5.80. The summed E-state index contributed by atoms with van der Waals surface area (Å²) in [5.74, 6) is 0.930. The number of hydrogen-bond acceptors (Lipinski definition) is 4. The summed E-state index contributed by atoms with van der Waals surface area (Å²) in [5.41, 5.74) is -0.466. The number of rotatable bonds is 6. The van der Waals surface area contributed by atoms with Crippen molar-refractivity contribution in [2.24, 2.45) is 4.99 Å². The molecule has 0 aromatic heterocycles. The number of aliphatic imine (C=N–C) groups is 1. The largest absolute Gasteiger partial charge is 0.444 e. The van der Waals surface area contributed by atoms with Crippen LogP contribution in [0.2, 0.25) is 0 Å². The summed E-state index contributed by atoms with van der Waals surface area (Å²) in [7, 11) is 1.83. The molecule has 2 atom stereocenters. The van der Waals surface area contributed by atoms with Crippen LogP contribution in [-0.4, -0.2) is 79.3 Å². The molecule has 0 spiro atoms. The standard InChI is InChI=1S/C21H41N5O2/c1-17-10-6-8-13-25(17)14-9-7-12-23-19(22-5)26-15-11-18(16-26)24-20(27)28-21(2,3)4/h17-18H,6-16H2,1-5H3,(H,22,23)(H,24,27). The van der Waals surface area contributed by atoms with E-state index in [0.29, 0.717) is 0 Å². The number of hydrogen-bond donors (Lipinski definition) is 2. The van der Waals surface area contributed by atoms with E-state index < -0.39 is 5.60 Å². The fraction of sp³-hybridized carbons (Fsp3) is 0.905. The summed E-state index contributed by atoms with van der Waals surface area (Å²) < 4.78 is 5.35. The van der Waals surface area contributed by atoms with E-state index in [-0.39, 0.29) is 12.1 Å². The van der Waals surface area contributed by atoms with E-state index >= 15 is 0 Å². The lowest BCUT2D eigenvalue weighted by atomic mass is 10.0. The van der Waals surface area contributed by atoms with Crippen LogP contribution in [0.25, 0.3) is 0 Å². The Labute approximate surface area is 171 Å². The zero-order valence-electron chi connectivity index (χ0n) is 18.6. The molecular weight excluding hydrogens is 354 g/mol. The second-order valence-electron chi connectivity index (χ2n) is 9.14. The summed E-state index contributed by atoms with van der Waals surface area (Å²) >= 11 is 0. The highest BCUT2D eigenvalue weighted by Crippen LogP contribution is 2.16. The number of nitrogens with one attached hydrogen (secondary N) is 2. The monoisotopic (exact) mass is 395 g/mol. The Hall–Kier alpha value is -1.50. The highest BCUT2D eigenvalue weighted by atomic mass is 16.6. The van der Waals surface area contributed by atoms with Gasteiger partial charge in [-0.1, -0.05) is 6.42 Å². The number of carbonyl (C=O) groups excluding carboxylic acids is 1. The smallest absolute Gasteiger partial charge is 0.407 e. The van der Waals surface area contributed by atoms with Crippen LogP contribution in [0.15, 0.2) is 4.99 Å². The molecule has 0 bridgehead atoms. The zero-order valence-corrected chi connectivity index (χ0v) is 18.6. The molecule has 2 heterocycles. The van der Waals surface area contributed by atoms with Crippen LogP contribution in [0, 0.1) is 0 Å². The van der Waals surface area contributed by atoms with Crippen molar-refractivity contribution in [1.82, 2.24) is 20.4 Å². The predicted molar refractivity (Wildman–Crippen MR) is 115 cm³/mol. The van der Waals surface area contributed by atoms with Gasteiger partial charge in [-0.3, -0.25) is 4.99 Å². The maximum absolute atomic E-state index is 12.0. The van der Waals surface area contributed by atoms with Crippen molar-refractivity contribution in [1.29, 1.82) is 0 Å². The minimum absolute atomic E-state index is 0.106. The Morgan fingerprint density at radius 1 is 1.18 bits per heavy atom. The number of amides is 1. The second-order valence-corrected chi connectivity index (χ2v) is 9.14. The van der Waals surface area contributed by atoms with Crippen LogP contribution < -0.4 is 10.6 Å². The summed E-state index contributed by atoms with van der Waals surface area (Å²) in [5, 5.41) is 6.46. The molecule has 7 nitrogen and oxygen atoms in total. The van der Waals surface area contributed by atoms with Gasteiger partial charge < -0.3 is 25.2 Å². The van der Waals surface area contributed by atoms with Gasteiger partial charge in [-0.2, -0.15) is 0 Å². The lowest BCUT2D eigenvalue weighted by molar-refractivity contribution is 0.0507. The summed E-state index contributed by atoms with van der Waals surface area (Å²) in [6.45, 7) is 13.1. The van der Waals surface area contributed by atoms with Crippen LogP contribution in [0.3, 0.4) is 0 Å². The Morgan fingerprint density at radius 3 is 2.64 bits per heavy atom. The van der Waals surface area contributed by atoms with E-state index in [1.54, 1.807) is 0 Å². The van der Waals surface area contributed by atoms with Gasteiger partial charge in [0, 0.05) is 32.7 Å². The van der Waals surface area contributed by atoms with Gasteiger partial charge >= 0.3 is 6.09 Å². The summed E-state index contributed by atoms with van der Waals surface area (Å²) in [6, 6.07) is 0.850. The number of nitrogens with zero attached hydrogens (tertiary/aromatic N) is 3. The van der Waals surface area contributed by atoms with Gasteiger partial charge in [0.25, 0.3) is 0 Å². The van der Waals surface area contributed by atoms with Crippen LogP contribution in [0.4, 0.5) is 4.79 Å². The summed E-state index contributed by atoms with van der Waals surface area (Å²) in [6.07, 6.45) is 7.02. The van der Waals surface area contributed by atoms with E-state index in [1.165, 1.54) is 38.8 Å². The molecular formula is C21H41N5O2. The lowest BCUT2D eigenvalue weighted by Crippen LogP contribution is -2.44. The normalized spacial score (nSPS) is 24.3. The van der Waals surface area contributed by atoms with E-state index in [4.69, 9.17) is 4.74 Å². The van der Waals surface area contributed by atoms with Gasteiger partial charge in [-0.05, 0) is 72.9 Å². The molecule has 2 aliphatic rings. The minimum Gasteiger partial charge on any atom is -0.444 e. The number of piperidine rings is 1. The molecule has 0 aromatic rings. The SMILES string of the molecule is CN=C(NCCCCN1CCCCC1C)N1CCC(NC(=O)OC(C)(C)C)C1. The van der Waals surface area contributed by atoms with Crippen molar-refractivity contribution >= 4 is 12.1 Å². The third-order valence-electron chi connectivity index (χ3n) is 5.52. The molecule has 162 valence electrons. The molecule has 2 rings (SSSR count). The van der Waals surface area contributed by atoms with Crippen LogP contribution >= 0.6 is 0 Å². The molecule has 0 saturated carbocycles. The summed E-state index contributed by atoms with van der Waals surface area (Å²) in [4.78, 5) is 21.2. The Balaban J connectivity index is 1.63. The van der Waals surface area contributed by atoms with Crippen molar-refractivity contribution in [3.63, 3.8) is 0 Å². The third-order valence-corrected chi connectivity index (χ3v) is 5.52. The van der Waals surface area contributed by atoms with Crippen molar-refractivity contribution in [2.75, 3.05) is 39.8 Å². The first-order valence-electron chi connectivity index (χ1n) is 11.0. The van der Waals surface area contributed by atoms with Crippen LogP contribution in [0.1, 0.15) is 66.2 Å². The third kappa shape index (κ3) is 7.86. The number of unbranched alkanes of at least 4 members (excludes halogenated alkanes) is 1. The lowest BCUT2D eigenvalue weighted by Gasteiger charge is -2.33. The molecule has 2 N–H and O–H groups in total. The highest BCUT2D eigenvalue weighted by Gasteiger charge is 2.27. The topological polar surface area (TPSA) is 69.2 Å². The zero-order chi connectivity index (χ0) is 20.6. The minimum atomic E-state index is -0.466. The fourth-order valence-corrected chi connectivity index (χ4v) is 4.01. The van der Waals surface area contributed by atoms with Crippen LogP contribution in [0.5, 0.6) is 0 Å². The van der Waals surface area contributed by atoms with Gasteiger partial charge in [-0.25, -0.2) is 4.79 Å². The van der Waals surface area contributed by atoms with E-state index in [1.807, 2.05) is 27.8 Å². The van der Waals surface area contributed by atoms with Crippen molar-refractivity contribution in [3.05, 3.63) is 0 Å². The number of carbonyl (C=O) groups is 1. The molecule has 0 aromatic carbocycles. The molecule has 0 radical (unpaired) electrons. The fourth-order valence-electron chi connectivity index (χ4n) is 4.01. The van der Waals surface area contributed by atoms with E-state index in [2.05, 4.69) is 32.3 Å². The Morgan fingerprint density at radius 2 is 1.96 bits per heavy atom. The predicted octanol–water partition coefficient (Wildman–Crippen LogP) is 2.82. The number of ether oxygens (including phenoxy) is 1. The Kier molecular flexibility index (Phi) is 8.86. The Bertz CT molecular complexity index is 517. The average Bonchev–Trinajstić information content (AvgIpc) is 3.06. The molecule has 2 fully saturated rings. The first-order chi connectivity index (χ1) is 13.3. The van der Waals surface area contributed by atoms with Gasteiger partial charge in [0.05, 0.1) is 6.04 Å². The molecule has 2 aliphatic heterocycles. The molecule has 2 unspecified atom stereocenters. The number of alkyl carbamates (subject to hydrolysis) is 1. The van der Waals surface area contributed by atoms with Gasteiger partial charge in [0.2, 0.25) is 0 Å². The first kappa shape index (κ1) is 22.8. The van der Waals surface area contributed by atoms with Gasteiger partial charge in [0.15, 0.2) is 5.96 Å². The van der Waals surface area contributed by atoms with Crippen molar-refractivity contribution < 1.29 is 9.53 Å². The molecule has 0 aliphatic carbocycles. The molecule has 28 heavy (non-hydrogen) atoms. The van der Waals surface area contributed by atoms with E-state index in [0.717, 1.165) is 44.5 Å². The quantitative estimate of drug-likeness (QED) is 0.411. The maximum Gasteiger partial charge on any atom is 0.407 e. The molecule has 2 saturated heterocycles. The van der Waals surface area contributed by atoms with Crippen molar-refractivity contribution in [2.45, 2.75) is 83.9 Å². The second kappa shape index (κ2) is 10.9. The van der Waals surface area contributed by atoms with E-state index in [9.17, 15) is 4.79 Å². The van der Waals surface area contributed by atoms with Crippen LogP contribution in [-0.2, 0) is 4.74 Å². The molecule has 1 amide bonds. The van der Waals surface area contributed by atoms with Crippen molar-refractivity contribution in [3.8, 4) is 0 Å². The van der Waals surface area contributed by atoms with Gasteiger partial charge in [-0.15, -0.1) is 0 Å².